The second-order valence-electron chi connectivity index (χ2n) is 3.97. The summed E-state index contributed by atoms with van der Waals surface area (Å²) in [5.74, 6) is -0.132. The highest BCUT2D eigenvalue weighted by Crippen LogP contribution is 2.25. The van der Waals surface area contributed by atoms with E-state index in [-0.39, 0.29) is 11.8 Å². The Hall–Kier alpha value is -0.900. The van der Waals surface area contributed by atoms with Crippen molar-refractivity contribution >= 4 is 11.8 Å². The van der Waals surface area contributed by atoms with E-state index in [9.17, 15) is 9.59 Å². The molecule has 0 bridgehead atoms. The van der Waals surface area contributed by atoms with E-state index in [1.807, 2.05) is 13.8 Å². The molecule has 1 fully saturated rings. The second kappa shape index (κ2) is 3.46. The summed E-state index contributed by atoms with van der Waals surface area (Å²) in [6.45, 7) is 4.24. The van der Waals surface area contributed by atoms with Crippen LogP contribution < -0.4 is 5.73 Å². The van der Waals surface area contributed by atoms with E-state index in [4.69, 9.17) is 5.73 Å². The van der Waals surface area contributed by atoms with Crippen molar-refractivity contribution in [2.45, 2.75) is 38.6 Å². The molecule has 2 amide bonds. The predicted molar refractivity (Wildman–Crippen MR) is 48.8 cm³/mol. The van der Waals surface area contributed by atoms with Crippen molar-refractivity contribution in [3.8, 4) is 0 Å². The van der Waals surface area contributed by atoms with Gasteiger partial charge in [-0.3, -0.25) is 14.5 Å². The van der Waals surface area contributed by atoms with Crippen LogP contribution in [0, 0.1) is 0 Å². The van der Waals surface area contributed by atoms with Crippen molar-refractivity contribution in [2.75, 3.05) is 6.54 Å². The normalized spacial score (nSPS) is 18.5. The van der Waals surface area contributed by atoms with Gasteiger partial charge in [-0.2, -0.15) is 0 Å². The van der Waals surface area contributed by atoms with Gasteiger partial charge in [0.05, 0.1) is 0 Å². The van der Waals surface area contributed by atoms with Gasteiger partial charge in [-0.1, -0.05) is 0 Å². The maximum Gasteiger partial charge on any atom is 0.230 e. The third-order valence-corrected chi connectivity index (χ3v) is 2.41. The number of nitrogens with two attached hydrogens (primary N) is 1. The fourth-order valence-corrected chi connectivity index (χ4v) is 1.72. The van der Waals surface area contributed by atoms with Crippen LogP contribution in [0.2, 0.25) is 0 Å². The number of imide groups is 1. The molecule has 0 spiro atoms. The number of rotatable bonds is 3. The van der Waals surface area contributed by atoms with Crippen molar-refractivity contribution in [1.29, 1.82) is 0 Å². The van der Waals surface area contributed by atoms with Crippen molar-refractivity contribution < 1.29 is 9.59 Å². The minimum absolute atomic E-state index is 0.0662. The molecule has 0 aromatic heterocycles. The summed E-state index contributed by atoms with van der Waals surface area (Å²) < 4.78 is 0. The second-order valence-corrected chi connectivity index (χ2v) is 3.97. The zero-order valence-electron chi connectivity index (χ0n) is 8.17. The zero-order valence-corrected chi connectivity index (χ0v) is 8.17. The Morgan fingerprint density at radius 2 is 1.77 bits per heavy atom. The summed E-state index contributed by atoms with van der Waals surface area (Å²) in [6, 6.07) is 0. The molecule has 2 N–H and O–H groups in total. The van der Waals surface area contributed by atoms with Gasteiger partial charge in [-0.25, -0.2) is 0 Å². The number of likely N-dealkylation sites (tertiary alicyclic amines) is 1. The highest BCUT2D eigenvalue weighted by atomic mass is 16.2. The van der Waals surface area contributed by atoms with Gasteiger partial charge in [0.15, 0.2) is 0 Å². The third kappa shape index (κ3) is 1.88. The molecule has 0 aromatic carbocycles. The Bertz CT molecular complexity index is 220. The van der Waals surface area contributed by atoms with E-state index < -0.39 is 5.54 Å². The van der Waals surface area contributed by atoms with E-state index in [0.717, 1.165) is 0 Å². The van der Waals surface area contributed by atoms with E-state index >= 15 is 0 Å². The van der Waals surface area contributed by atoms with E-state index in [0.29, 0.717) is 25.8 Å². The number of nitrogens with zero attached hydrogens (tertiary/aromatic N) is 1. The van der Waals surface area contributed by atoms with Gasteiger partial charge in [0.25, 0.3) is 0 Å². The summed E-state index contributed by atoms with van der Waals surface area (Å²) in [5.41, 5.74) is 5.01. The Labute approximate surface area is 78.1 Å². The number of carbonyl (C=O) groups excluding carboxylic acids is 2. The lowest BCUT2D eigenvalue weighted by Gasteiger charge is -2.33. The van der Waals surface area contributed by atoms with E-state index in [2.05, 4.69) is 0 Å². The van der Waals surface area contributed by atoms with Gasteiger partial charge in [0.2, 0.25) is 11.8 Å². The molecule has 0 unspecified atom stereocenters. The molecule has 1 heterocycles. The van der Waals surface area contributed by atoms with Crippen molar-refractivity contribution in [3.63, 3.8) is 0 Å². The van der Waals surface area contributed by atoms with Crippen LogP contribution in [0.4, 0.5) is 0 Å². The van der Waals surface area contributed by atoms with Crippen molar-refractivity contribution in [3.05, 3.63) is 0 Å². The van der Waals surface area contributed by atoms with Gasteiger partial charge in [-0.15, -0.1) is 0 Å². The molecule has 1 rings (SSSR count). The Kier molecular flexibility index (Phi) is 2.71. The molecule has 0 saturated carbocycles. The summed E-state index contributed by atoms with van der Waals surface area (Å²) in [4.78, 5) is 24.1. The maximum atomic E-state index is 11.4. The molecule has 74 valence electrons. The molecular weight excluding hydrogens is 168 g/mol. The van der Waals surface area contributed by atoms with Crippen LogP contribution >= 0.6 is 0 Å². The Morgan fingerprint density at radius 1 is 1.31 bits per heavy atom. The van der Waals surface area contributed by atoms with Gasteiger partial charge in [0.1, 0.15) is 0 Å². The highest BCUT2D eigenvalue weighted by molar-refractivity contribution is 6.02. The Morgan fingerprint density at radius 3 is 2.15 bits per heavy atom. The fraction of sp³-hybridized carbons (Fsp3) is 0.778. The molecule has 4 heteroatoms. The first-order valence-corrected chi connectivity index (χ1v) is 4.55. The molecular formula is C9H16N2O2. The molecule has 1 saturated heterocycles. The average Bonchev–Trinajstić information content (AvgIpc) is 2.31. The standard InChI is InChI=1S/C9H16N2O2/c1-9(2,5-6-10)11-7(12)3-4-8(11)13/h3-6,10H2,1-2H3. The highest BCUT2D eigenvalue weighted by Gasteiger charge is 2.39. The molecule has 0 aliphatic carbocycles. The first kappa shape index (κ1) is 10.2. The van der Waals surface area contributed by atoms with Gasteiger partial charge < -0.3 is 5.73 Å². The SMILES string of the molecule is CC(C)(CCN)N1C(=O)CCC1=O. The molecule has 1 aliphatic rings. The van der Waals surface area contributed by atoms with E-state index in [1.54, 1.807) is 0 Å². The van der Waals surface area contributed by atoms with Crippen LogP contribution in [0.25, 0.3) is 0 Å². The zero-order chi connectivity index (χ0) is 10.1. The molecule has 0 aromatic rings. The van der Waals surface area contributed by atoms with Crippen LogP contribution in [0.1, 0.15) is 33.1 Å². The van der Waals surface area contributed by atoms with Gasteiger partial charge >= 0.3 is 0 Å². The minimum atomic E-state index is -0.417. The van der Waals surface area contributed by atoms with Gasteiger partial charge in [0, 0.05) is 18.4 Å². The Balaban J connectivity index is 2.79. The van der Waals surface area contributed by atoms with Crippen LogP contribution in [0.5, 0.6) is 0 Å². The van der Waals surface area contributed by atoms with Crippen LogP contribution in [-0.4, -0.2) is 28.8 Å². The summed E-state index contributed by atoms with van der Waals surface area (Å²) >= 11 is 0. The summed E-state index contributed by atoms with van der Waals surface area (Å²) in [5, 5.41) is 0. The maximum absolute atomic E-state index is 11.4. The van der Waals surface area contributed by atoms with Crippen LogP contribution in [0.15, 0.2) is 0 Å². The topological polar surface area (TPSA) is 63.4 Å². The summed E-state index contributed by atoms with van der Waals surface area (Å²) in [7, 11) is 0. The monoisotopic (exact) mass is 184 g/mol. The predicted octanol–water partition coefficient (Wildman–Crippen LogP) is 0.263. The quantitative estimate of drug-likeness (QED) is 0.640. The first-order chi connectivity index (χ1) is 5.99. The number of hydrogen-bond acceptors (Lipinski definition) is 3. The first-order valence-electron chi connectivity index (χ1n) is 4.55. The summed E-state index contributed by atoms with van der Waals surface area (Å²) in [6.07, 6.45) is 1.37. The lowest BCUT2D eigenvalue weighted by molar-refractivity contribution is -0.144. The smallest absolute Gasteiger partial charge is 0.230 e. The van der Waals surface area contributed by atoms with Crippen molar-refractivity contribution in [1.82, 2.24) is 4.90 Å². The van der Waals surface area contributed by atoms with Gasteiger partial charge in [-0.05, 0) is 26.8 Å². The molecule has 1 aliphatic heterocycles. The third-order valence-electron chi connectivity index (χ3n) is 2.41. The number of hydrogen-bond donors (Lipinski definition) is 1. The van der Waals surface area contributed by atoms with Crippen molar-refractivity contribution in [2.24, 2.45) is 5.73 Å². The lowest BCUT2D eigenvalue weighted by atomic mass is 9.98. The number of carbonyl (C=O) groups is 2. The fourth-order valence-electron chi connectivity index (χ4n) is 1.72. The molecule has 0 atom stereocenters. The lowest BCUT2D eigenvalue weighted by Crippen LogP contribution is -2.48. The average molecular weight is 184 g/mol. The molecule has 13 heavy (non-hydrogen) atoms. The minimum Gasteiger partial charge on any atom is -0.330 e. The molecule has 4 nitrogen and oxygen atoms in total. The largest absolute Gasteiger partial charge is 0.330 e. The molecule has 0 radical (unpaired) electrons. The number of amides is 2. The van der Waals surface area contributed by atoms with Crippen LogP contribution in [0.3, 0.4) is 0 Å². The van der Waals surface area contributed by atoms with Crippen LogP contribution in [-0.2, 0) is 9.59 Å². The van der Waals surface area contributed by atoms with E-state index in [1.165, 1.54) is 4.90 Å².